The minimum atomic E-state index is -5.01. The quantitative estimate of drug-likeness (QED) is 0.858. The van der Waals surface area contributed by atoms with E-state index < -0.39 is 29.9 Å². The van der Waals surface area contributed by atoms with Crippen molar-refractivity contribution in [1.29, 1.82) is 0 Å². The molecule has 2 atom stereocenters. The molecule has 1 aromatic heterocycles. The molecule has 0 radical (unpaired) electrons. The van der Waals surface area contributed by atoms with Crippen LogP contribution in [0.4, 0.5) is 13.2 Å². The van der Waals surface area contributed by atoms with Crippen LogP contribution in [0.3, 0.4) is 0 Å². The van der Waals surface area contributed by atoms with Crippen molar-refractivity contribution in [3.8, 4) is 0 Å². The van der Waals surface area contributed by atoms with Gasteiger partial charge in [-0.05, 0) is 13.2 Å². The zero-order valence-electron chi connectivity index (χ0n) is 12.9. The van der Waals surface area contributed by atoms with Crippen molar-refractivity contribution < 1.29 is 23.1 Å². The predicted octanol–water partition coefficient (Wildman–Crippen LogP) is 1.77. The summed E-state index contributed by atoms with van der Waals surface area (Å²) in [5.74, 6) is -0.793. The lowest BCUT2D eigenvalue weighted by Crippen LogP contribution is -2.49. The van der Waals surface area contributed by atoms with Gasteiger partial charge in [0, 0.05) is 38.3 Å². The molecule has 0 saturated heterocycles. The first kappa shape index (κ1) is 18.8. The minimum Gasteiger partial charge on any atom is -0.374 e. The molecular weight excluding hydrogens is 319 g/mol. The van der Waals surface area contributed by atoms with E-state index in [2.05, 4.69) is 4.98 Å². The highest BCUT2D eigenvalue weighted by Crippen LogP contribution is 2.41. The van der Waals surface area contributed by atoms with Gasteiger partial charge >= 0.3 is 6.18 Å². The summed E-state index contributed by atoms with van der Waals surface area (Å²) in [6.45, 7) is 1.74. The molecule has 9 heteroatoms. The summed E-state index contributed by atoms with van der Waals surface area (Å²) >= 11 is 1.48. The Kier molecular flexibility index (Phi) is 5.91. The van der Waals surface area contributed by atoms with Crippen LogP contribution in [0.5, 0.6) is 0 Å². The fraction of sp³-hybridized carbons (Fsp3) is 0.692. The van der Waals surface area contributed by atoms with Crippen molar-refractivity contribution in [2.24, 2.45) is 7.05 Å². The standard InChI is InChI=1S/C13H20F3N3O2S/c1-9(8-22-4)19(3)10(20)7-12(21,13(14,15)16)11-17-5-6-18(11)2/h5-6,9,21H,7-8H2,1-4H3. The van der Waals surface area contributed by atoms with Gasteiger partial charge in [-0.15, -0.1) is 0 Å². The molecule has 1 amide bonds. The lowest BCUT2D eigenvalue weighted by molar-refractivity contribution is -0.272. The van der Waals surface area contributed by atoms with Crippen LogP contribution in [0.2, 0.25) is 0 Å². The van der Waals surface area contributed by atoms with Crippen molar-refractivity contribution in [1.82, 2.24) is 14.5 Å². The molecule has 1 aromatic rings. The Labute approximate surface area is 131 Å². The Morgan fingerprint density at radius 1 is 1.55 bits per heavy atom. The van der Waals surface area contributed by atoms with Crippen LogP contribution in [-0.4, -0.2) is 56.7 Å². The van der Waals surface area contributed by atoms with Crippen LogP contribution in [0.25, 0.3) is 0 Å². The third-order valence-electron chi connectivity index (χ3n) is 3.53. The maximum Gasteiger partial charge on any atom is 0.425 e. The Balaban J connectivity index is 3.07. The number of rotatable bonds is 6. The Morgan fingerprint density at radius 3 is 2.55 bits per heavy atom. The Morgan fingerprint density at radius 2 is 2.14 bits per heavy atom. The summed E-state index contributed by atoms with van der Waals surface area (Å²) in [7, 11) is 2.77. The maximum atomic E-state index is 13.3. The second-order valence-electron chi connectivity index (χ2n) is 5.21. The van der Waals surface area contributed by atoms with Gasteiger partial charge in [-0.25, -0.2) is 4.98 Å². The van der Waals surface area contributed by atoms with Gasteiger partial charge in [0.15, 0.2) is 5.82 Å². The first-order chi connectivity index (χ1) is 10.0. The number of hydrogen-bond donors (Lipinski definition) is 1. The van der Waals surface area contributed by atoms with E-state index in [1.165, 1.54) is 37.0 Å². The molecule has 0 fully saturated rings. The number of alkyl halides is 3. The van der Waals surface area contributed by atoms with Gasteiger partial charge in [-0.1, -0.05) is 0 Å². The molecule has 2 unspecified atom stereocenters. The average Bonchev–Trinajstić information content (AvgIpc) is 2.83. The number of carbonyl (C=O) groups excluding carboxylic acids is 1. The molecule has 0 aliphatic heterocycles. The van der Waals surface area contributed by atoms with E-state index in [1.807, 2.05) is 6.26 Å². The molecular formula is C13H20F3N3O2S. The molecule has 0 aliphatic rings. The number of aromatic nitrogens is 2. The molecule has 0 aromatic carbocycles. The molecule has 1 rings (SSSR count). The second-order valence-corrected chi connectivity index (χ2v) is 6.12. The van der Waals surface area contributed by atoms with Gasteiger partial charge < -0.3 is 14.6 Å². The topological polar surface area (TPSA) is 58.4 Å². The minimum absolute atomic E-state index is 0.235. The zero-order chi connectivity index (χ0) is 17.1. The number of aliphatic hydroxyl groups is 1. The van der Waals surface area contributed by atoms with Crippen LogP contribution in [0.1, 0.15) is 19.2 Å². The van der Waals surface area contributed by atoms with Crippen molar-refractivity contribution in [2.45, 2.75) is 31.2 Å². The molecule has 1 N–H and O–H groups in total. The summed E-state index contributed by atoms with van der Waals surface area (Å²) in [5, 5.41) is 10.2. The molecule has 0 aliphatic carbocycles. The van der Waals surface area contributed by atoms with Crippen LogP contribution in [0, 0.1) is 0 Å². The average molecular weight is 339 g/mol. The summed E-state index contributed by atoms with van der Waals surface area (Å²) < 4.78 is 41.1. The third kappa shape index (κ3) is 3.75. The number of carbonyl (C=O) groups is 1. The fourth-order valence-electron chi connectivity index (χ4n) is 2.01. The molecule has 1 heterocycles. The highest BCUT2D eigenvalue weighted by molar-refractivity contribution is 7.98. The van der Waals surface area contributed by atoms with Gasteiger partial charge in [0.1, 0.15) is 0 Å². The lowest BCUT2D eigenvalue weighted by atomic mass is 9.96. The van der Waals surface area contributed by atoms with E-state index in [0.29, 0.717) is 5.75 Å². The molecule has 0 bridgehead atoms. The van der Waals surface area contributed by atoms with Crippen molar-refractivity contribution in [3.63, 3.8) is 0 Å². The van der Waals surface area contributed by atoms with Crippen molar-refractivity contribution in [3.05, 3.63) is 18.2 Å². The SMILES string of the molecule is CSCC(C)N(C)C(=O)CC(O)(c1nccn1C)C(F)(F)F. The highest BCUT2D eigenvalue weighted by Gasteiger charge is 2.59. The second kappa shape index (κ2) is 6.91. The maximum absolute atomic E-state index is 13.3. The number of halogens is 3. The smallest absolute Gasteiger partial charge is 0.374 e. The monoisotopic (exact) mass is 339 g/mol. The molecule has 0 saturated carbocycles. The van der Waals surface area contributed by atoms with Crippen molar-refractivity contribution >= 4 is 17.7 Å². The Hall–Kier alpha value is -1.22. The van der Waals surface area contributed by atoms with Crippen LogP contribution < -0.4 is 0 Å². The van der Waals surface area contributed by atoms with E-state index in [1.54, 1.807) is 6.92 Å². The van der Waals surface area contributed by atoms with Crippen LogP contribution in [0.15, 0.2) is 12.4 Å². The van der Waals surface area contributed by atoms with Gasteiger partial charge in [-0.2, -0.15) is 24.9 Å². The first-order valence-corrected chi connectivity index (χ1v) is 7.95. The predicted molar refractivity (Wildman–Crippen MR) is 78.4 cm³/mol. The number of thioether (sulfide) groups is 1. The van der Waals surface area contributed by atoms with E-state index in [9.17, 15) is 23.1 Å². The normalized spacial score (nSPS) is 16.2. The molecule has 0 spiro atoms. The molecule has 5 nitrogen and oxygen atoms in total. The van der Waals surface area contributed by atoms with Gasteiger partial charge in [0.2, 0.25) is 11.5 Å². The fourth-order valence-corrected chi connectivity index (χ4v) is 2.72. The van der Waals surface area contributed by atoms with E-state index >= 15 is 0 Å². The van der Waals surface area contributed by atoms with Crippen LogP contribution >= 0.6 is 11.8 Å². The molecule has 126 valence electrons. The third-order valence-corrected chi connectivity index (χ3v) is 4.35. The van der Waals surface area contributed by atoms with E-state index in [0.717, 1.165) is 10.8 Å². The summed E-state index contributed by atoms with van der Waals surface area (Å²) in [5.41, 5.74) is -3.31. The first-order valence-electron chi connectivity index (χ1n) is 6.56. The Bertz CT molecular complexity index is 521. The molecule has 22 heavy (non-hydrogen) atoms. The number of amides is 1. The van der Waals surface area contributed by atoms with Gasteiger partial charge in [0.05, 0.1) is 6.42 Å². The lowest BCUT2D eigenvalue weighted by Gasteiger charge is -2.32. The van der Waals surface area contributed by atoms with Gasteiger partial charge in [0.25, 0.3) is 0 Å². The number of nitrogens with zero attached hydrogens (tertiary/aromatic N) is 3. The highest BCUT2D eigenvalue weighted by atomic mass is 32.2. The summed E-state index contributed by atoms with van der Waals surface area (Å²) in [6.07, 6.45) is -1.83. The number of aryl methyl sites for hydroxylation is 1. The zero-order valence-corrected chi connectivity index (χ0v) is 13.7. The van der Waals surface area contributed by atoms with E-state index in [-0.39, 0.29) is 6.04 Å². The number of hydrogen-bond acceptors (Lipinski definition) is 4. The van der Waals surface area contributed by atoms with Crippen molar-refractivity contribution in [2.75, 3.05) is 19.1 Å². The van der Waals surface area contributed by atoms with E-state index in [4.69, 9.17) is 0 Å². The largest absolute Gasteiger partial charge is 0.425 e. The van der Waals surface area contributed by atoms with Gasteiger partial charge in [-0.3, -0.25) is 4.79 Å². The number of imidazole rings is 1. The summed E-state index contributed by atoms with van der Waals surface area (Å²) in [6, 6.07) is -0.235. The summed E-state index contributed by atoms with van der Waals surface area (Å²) in [4.78, 5) is 16.9. The van der Waals surface area contributed by atoms with Crippen LogP contribution in [-0.2, 0) is 17.4 Å².